The summed E-state index contributed by atoms with van der Waals surface area (Å²) >= 11 is 0. The van der Waals surface area contributed by atoms with E-state index in [2.05, 4.69) is 0 Å². The van der Waals surface area contributed by atoms with Crippen LogP contribution in [0.4, 0.5) is 10.1 Å². The first-order valence-corrected chi connectivity index (χ1v) is 16.0. The first kappa shape index (κ1) is 33.8. The van der Waals surface area contributed by atoms with Crippen LogP contribution in [0, 0.1) is 11.7 Å². The highest BCUT2D eigenvalue weighted by molar-refractivity contribution is 5.56. The van der Waals surface area contributed by atoms with Gasteiger partial charge in [-0.2, -0.15) is 0 Å². The van der Waals surface area contributed by atoms with Crippen LogP contribution in [0.1, 0.15) is 52.8 Å². The second-order valence-corrected chi connectivity index (χ2v) is 11.7. The van der Waals surface area contributed by atoms with Gasteiger partial charge >= 0.3 is 0 Å². The highest BCUT2D eigenvalue weighted by Gasteiger charge is 2.49. The lowest BCUT2D eigenvalue weighted by Crippen LogP contribution is -2.58. The Morgan fingerprint density at radius 2 is 1.34 bits per heavy atom. The van der Waals surface area contributed by atoms with E-state index in [-0.39, 0.29) is 17.8 Å². The molecule has 244 valence electrons. The fraction of sp³-hybridized carbons (Fsp3) is 0.250. The second kappa shape index (κ2) is 16.9. The molecule has 4 atom stereocenters. The molecule has 7 heteroatoms. The van der Waals surface area contributed by atoms with E-state index in [1.54, 1.807) is 19.2 Å². The lowest BCUT2D eigenvalue weighted by molar-refractivity contribution is -0.00761. The Balaban J connectivity index is 0.000000417. The Labute approximate surface area is 276 Å². The first-order chi connectivity index (χ1) is 23.0. The summed E-state index contributed by atoms with van der Waals surface area (Å²) in [6, 6.07) is 41.7. The molecule has 6 rings (SSSR count). The van der Waals surface area contributed by atoms with E-state index in [0.717, 1.165) is 28.1 Å². The summed E-state index contributed by atoms with van der Waals surface area (Å²) in [5, 5.41) is 22.1. The fourth-order valence-corrected chi connectivity index (χ4v) is 5.98. The number of aliphatic hydroxyl groups is 2. The molecule has 1 saturated heterocycles. The number of nitrogens with zero attached hydrogens (tertiary/aromatic N) is 1. The summed E-state index contributed by atoms with van der Waals surface area (Å²) in [4.78, 5) is 2.00. The van der Waals surface area contributed by atoms with Gasteiger partial charge in [0.1, 0.15) is 24.4 Å². The summed E-state index contributed by atoms with van der Waals surface area (Å²) < 4.78 is 24.5. The van der Waals surface area contributed by atoms with Gasteiger partial charge in [0.25, 0.3) is 0 Å². The third-order valence-corrected chi connectivity index (χ3v) is 8.50. The van der Waals surface area contributed by atoms with Crippen LogP contribution in [0.25, 0.3) is 0 Å². The van der Waals surface area contributed by atoms with Gasteiger partial charge in [-0.3, -0.25) is 0 Å². The number of ether oxygens (including phenoxy) is 2. The number of aliphatic hydroxyl groups excluding tert-OH is 2. The number of methoxy groups -OCH3 is 1. The molecule has 4 N–H and O–H groups in total. The van der Waals surface area contributed by atoms with Gasteiger partial charge in [-0.1, -0.05) is 103 Å². The van der Waals surface area contributed by atoms with Crippen molar-refractivity contribution in [2.75, 3.05) is 12.0 Å². The van der Waals surface area contributed by atoms with E-state index >= 15 is 0 Å². The van der Waals surface area contributed by atoms with E-state index in [1.165, 1.54) is 17.7 Å². The van der Waals surface area contributed by atoms with Crippen molar-refractivity contribution in [1.29, 1.82) is 0 Å². The topological polar surface area (TPSA) is 88.2 Å². The van der Waals surface area contributed by atoms with Gasteiger partial charge in [-0.05, 0) is 65.4 Å². The fourth-order valence-electron chi connectivity index (χ4n) is 5.98. The highest BCUT2D eigenvalue weighted by atomic mass is 19.1. The largest absolute Gasteiger partial charge is 0.489 e. The van der Waals surface area contributed by atoms with E-state index in [0.29, 0.717) is 38.2 Å². The van der Waals surface area contributed by atoms with Crippen LogP contribution in [-0.2, 0) is 24.5 Å². The molecule has 1 aliphatic rings. The van der Waals surface area contributed by atoms with Crippen molar-refractivity contribution in [3.05, 3.63) is 167 Å². The maximum Gasteiger partial charge on any atom is 0.132 e. The molecule has 1 heterocycles. The van der Waals surface area contributed by atoms with Gasteiger partial charge in [0.15, 0.2) is 0 Å². The van der Waals surface area contributed by atoms with Crippen LogP contribution >= 0.6 is 0 Å². The minimum atomic E-state index is -0.745. The third kappa shape index (κ3) is 8.84. The van der Waals surface area contributed by atoms with Crippen LogP contribution in [0.15, 0.2) is 133 Å². The van der Waals surface area contributed by atoms with Crippen molar-refractivity contribution >= 4 is 5.69 Å². The van der Waals surface area contributed by atoms with Gasteiger partial charge < -0.3 is 30.3 Å². The van der Waals surface area contributed by atoms with Gasteiger partial charge in [0, 0.05) is 30.8 Å². The van der Waals surface area contributed by atoms with Crippen molar-refractivity contribution < 1.29 is 24.1 Å². The number of hydrogen-bond acceptors (Lipinski definition) is 6. The minimum absolute atomic E-state index is 0.138. The van der Waals surface area contributed by atoms with Gasteiger partial charge in [0.05, 0.1) is 18.8 Å². The number of rotatable bonds is 12. The predicted molar refractivity (Wildman–Crippen MR) is 184 cm³/mol. The molecule has 1 fully saturated rings. The molecule has 0 aliphatic carbocycles. The monoisotopic (exact) mass is 634 g/mol. The standard InChI is InChI=1S/C32H33FN2O3.C8H10O/c33-25-14-12-24(13-15-25)29(36)19-18-28-31(35(32(28)37)26-16-10-22(20-34)11-17-26)27-8-4-5-9-30(27)38-21-23-6-2-1-3-7-23;1-9-7-8-5-3-2-4-6-8/h1-17,28-29,31-32,36-37H,18-21,34H2;2-6H,7H2,1H3/t28-,29?,31?,32?;/m1./s1. The lowest BCUT2D eigenvalue weighted by Gasteiger charge is -2.54. The molecule has 3 unspecified atom stereocenters. The summed E-state index contributed by atoms with van der Waals surface area (Å²) in [5.74, 6) is 0.292. The summed E-state index contributed by atoms with van der Waals surface area (Å²) in [5.41, 5.74) is 11.7. The van der Waals surface area contributed by atoms with Gasteiger partial charge in [0.2, 0.25) is 0 Å². The highest BCUT2D eigenvalue weighted by Crippen LogP contribution is 2.51. The van der Waals surface area contributed by atoms with Gasteiger partial charge in [-0.15, -0.1) is 0 Å². The molecule has 0 spiro atoms. The number of para-hydroxylation sites is 1. The van der Waals surface area contributed by atoms with Crippen molar-refractivity contribution in [3.63, 3.8) is 0 Å². The molecular formula is C40H43FN2O4. The summed E-state index contributed by atoms with van der Waals surface area (Å²) in [6.45, 7) is 1.60. The molecule has 0 radical (unpaired) electrons. The molecule has 5 aromatic carbocycles. The Morgan fingerprint density at radius 3 is 1.96 bits per heavy atom. The van der Waals surface area contributed by atoms with Crippen molar-refractivity contribution in [2.45, 2.75) is 51.0 Å². The van der Waals surface area contributed by atoms with Gasteiger partial charge in [-0.25, -0.2) is 4.39 Å². The van der Waals surface area contributed by atoms with Crippen molar-refractivity contribution in [3.8, 4) is 5.75 Å². The maximum atomic E-state index is 13.3. The Hall–Kier alpha value is -4.53. The smallest absolute Gasteiger partial charge is 0.132 e. The SMILES string of the molecule is COCc1ccccc1.NCc1ccc(N2C(O)[C@H](CCC(O)c3ccc(F)cc3)C2c2ccccc2OCc2ccccc2)cc1. The van der Waals surface area contributed by atoms with Crippen LogP contribution < -0.4 is 15.4 Å². The van der Waals surface area contributed by atoms with E-state index < -0.39 is 12.3 Å². The zero-order chi connectivity index (χ0) is 33.0. The molecule has 47 heavy (non-hydrogen) atoms. The van der Waals surface area contributed by atoms with E-state index in [9.17, 15) is 14.6 Å². The zero-order valence-corrected chi connectivity index (χ0v) is 26.7. The average Bonchev–Trinajstić information content (AvgIpc) is 3.11. The number of anilines is 1. The van der Waals surface area contributed by atoms with Crippen LogP contribution in [-0.4, -0.2) is 23.6 Å². The Bertz CT molecular complexity index is 1640. The van der Waals surface area contributed by atoms with Crippen LogP contribution in [0.2, 0.25) is 0 Å². The first-order valence-electron chi connectivity index (χ1n) is 16.0. The number of nitrogens with two attached hydrogens (primary N) is 1. The third-order valence-electron chi connectivity index (χ3n) is 8.50. The predicted octanol–water partition coefficient (Wildman–Crippen LogP) is 7.71. The Morgan fingerprint density at radius 1 is 0.745 bits per heavy atom. The number of benzene rings is 5. The number of halogens is 1. The normalized spacial score (nSPS) is 17.6. The zero-order valence-electron chi connectivity index (χ0n) is 26.7. The van der Waals surface area contributed by atoms with Crippen molar-refractivity contribution in [2.24, 2.45) is 11.7 Å². The van der Waals surface area contributed by atoms with Crippen molar-refractivity contribution in [1.82, 2.24) is 0 Å². The number of hydrogen-bond donors (Lipinski definition) is 3. The molecule has 0 amide bonds. The average molecular weight is 635 g/mol. The molecule has 6 nitrogen and oxygen atoms in total. The summed E-state index contributed by atoms with van der Waals surface area (Å²) in [6.07, 6.45) is -0.455. The lowest BCUT2D eigenvalue weighted by atomic mass is 9.77. The Kier molecular flexibility index (Phi) is 12.1. The van der Waals surface area contributed by atoms with E-state index in [1.807, 2.05) is 114 Å². The molecule has 0 bridgehead atoms. The summed E-state index contributed by atoms with van der Waals surface area (Å²) in [7, 11) is 1.70. The molecule has 5 aromatic rings. The molecule has 0 aromatic heterocycles. The minimum Gasteiger partial charge on any atom is -0.489 e. The maximum absolute atomic E-state index is 13.3. The molecular weight excluding hydrogens is 591 g/mol. The van der Waals surface area contributed by atoms with Crippen LogP contribution in [0.3, 0.4) is 0 Å². The molecule has 0 saturated carbocycles. The van der Waals surface area contributed by atoms with E-state index in [4.69, 9.17) is 15.2 Å². The van der Waals surface area contributed by atoms with Crippen LogP contribution in [0.5, 0.6) is 5.75 Å². The molecule has 1 aliphatic heterocycles. The quantitative estimate of drug-likeness (QED) is 0.130. The second-order valence-electron chi connectivity index (χ2n) is 11.7.